The number of amides is 4. The van der Waals surface area contributed by atoms with Crippen molar-refractivity contribution in [1.29, 1.82) is 0 Å². The van der Waals surface area contributed by atoms with Gasteiger partial charge in [-0.15, -0.1) is 0 Å². The lowest BCUT2D eigenvalue weighted by Gasteiger charge is -2.17. The lowest BCUT2D eigenvalue weighted by Crippen LogP contribution is -2.39. The second-order valence-electron chi connectivity index (χ2n) is 5.92. The Morgan fingerprint density at radius 3 is 2.35 bits per heavy atom. The van der Waals surface area contributed by atoms with Crippen LogP contribution in [0.25, 0.3) is 0 Å². The van der Waals surface area contributed by atoms with Crippen molar-refractivity contribution >= 4 is 40.8 Å². The van der Waals surface area contributed by atoms with E-state index >= 15 is 0 Å². The van der Waals surface area contributed by atoms with Gasteiger partial charge in [0.05, 0.1) is 6.04 Å². The minimum Gasteiger partial charge on any atom is -0.366 e. The van der Waals surface area contributed by atoms with Crippen molar-refractivity contribution in [3.63, 3.8) is 0 Å². The summed E-state index contributed by atoms with van der Waals surface area (Å²) in [6.07, 6.45) is 0.219. The minimum absolute atomic E-state index is 0.0663. The smallest absolute Gasteiger partial charge is 0.319 e. The van der Waals surface area contributed by atoms with E-state index in [2.05, 4.69) is 10.6 Å². The summed E-state index contributed by atoms with van der Waals surface area (Å²) in [6.45, 7) is 0.383. The summed E-state index contributed by atoms with van der Waals surface area (Å²) in [6, 6.07) is 12.5. The normalized spacial score (nSPS) is 16.4. The van der Waals surface area contributed by atoms with Gasteiger partial charge in [-0.3, -0.25) is 9.59 Å². The van der Waals surface area contributed by atoms with Crippen molar-refractivity contribution in [1.82, 2.24) is 5.32 Å². The fraction of sp³-hybridized carbons (Fsp3) is 0.167. The van der Waals surface area contributed by atoms with Crippen LogP contribution >= 0.6 is 11.6 Å². The van der Waals surface area contributed by atoms with Gasteiger partial charge >= 0.3 is 6.03 Å². The molecule has 0 aliphatic carbocycles. The van der Waals surface area contributed by atoms with E-state index in [1.54, 1.807) is 41.3 Å². The van der Waals surface area contributed by atoms with E-state index in [9.17, 15) is 14.4 Å². The van der Waals surface area contributed by atoms with Gasteiger partial charge in [-0.05, 0) is 48.5 Å². The first kappa shape index (κ1) is 17.8. The molecular weight excluding hydrogens is 356 g/mol. The Morgan fingerprint density at radius 1 is 1.08 bits per heavy atom. The fourth-order valence-electron chi connectivity index (χ4n) is 2.75. The zero-order valence-electron chi connectivity index (χ0n) is 13.7. The molecule has 134 valence electrons. The molecule has 0 spiro atoms. The Morgan fingerprint density at radius 2 is 1.73 bits per heavy atom. The van der Waals surface area contributed by atoms with Crippen LogP contribution in [0.15, 0.2) is 48.5 Å². The van der Waals surface area contributed by atoms with Crippen LogP contribution in [0.5, 0.6) is 0 Å². The van der Waals surface area contributed by atoms with Gasteiger partial charge in [-0.2, -0.15) is 0 Å². The first-order valence-electron chi connectivity index (χ1n) is 7.95. The zero-order chi connectivity index (χ0) is 18.7. The Balaban J connectivity index is 1.57. The third-order valence-corrected chi connectivity index (χ3v) is 4.28. The van der Waals surface area contributed by atoms with E-state index in [1.807, 2.05) is 0 Å². The zero-order valence-corrected chi connectivity index (χ0v) is 14.5. The van der Waals surface area contributed by atoms with Crippen LogP contribution in [0.3, 0.4) is 0 Å². The Hall–Kier alpha value is -3.06. The van der Waals surface area contributed by atoms with Gasteiger partial charge in [0.15, 0.2) is 0 Å². The van der Waals surface area contributed by atoms with Crippen molar-refractivity contribution in [2.45, 2.75) is 12.5 Å². The molecule has 8 heteroatoms. The highest BCUT2D eigenvalue weighted by Gasteiger charge is 2.31. The lowest BCUT2D eigenvalue weighted by molar-refractivity contribution is -0.117. The van der Waals surface area contributed by atoms with E-state index in [0.717, 1.165) is 5.69 Å². The second kappa shape index (κ2) is 7.45. The standard InChI is InChI=1S/C18H17ClN4O3/c19-12-3-7-15(8-4-12)23-10-14(9-16(23)24)22-18(26)21-13-5-1-11(2-6-13)17(20)25/h1-8,14H,9-10H2,(H2,20,25)(H2,21,22,26). The van der Waals surface area contributed by atoms with Crippen molar-refractivity contribution in [3.05, 3.63) is 59.1 Å². The molecule has 4 amide bonds. The van der Waals surface area contributed by atoms with E-state index in [1.165, 1.54) is 12.1 Å². The third kappa shape index (κ3) is 4.12. The van der Waals surface area contributed by atoms with Gasteiger partial charge in [0, 0.05) is 34.9 Å². The molecule has 4 N–H and O–H groups in total. The van der Waals surface area contributed by atoms with Crippen molar-refractivity contribution in [2.24, 2.45) is 5.73 Å². The average molecular weight is 373 g/mol. The molecule has 0 aromatic heterocycles. The quantitative estimate of drug-likeness (QED) is 0.767. The first-order valence-corrected chi connectivity index (χ1v) is 8.33. The predicted octanol–water partition coefficient (Wildman–Crippen LogP) is 2.37. The van der Waals surface area contributed by atoms with Crippen molar-refractivity contribution < 1.29 is 14.4 Å². The number of carbonyl (C=O) groups is 3. The highest BCUT2D eigenvalue weighted by molar-refractivity contribution is 6.30. The van der Waals surface area contributed by atoms with Crippen LogP contribution in [-0.2, 0) is 4.79 Å². The molecule has 1 aliphatic heterocycles. The fourth-order valence-corrected chi connectivity index (χ4v) is 2.87. The van der Waals surface area contributed by atoms with Gasteiger partial charge < -0.3 is 21.3 Å². The number of primary amides is 1. The van der Waals surface area contributed by atoms with E-state index in [-0.39, 0.29) is 18.4 Å². The molecule has 1 heterocycles. The molecule has 3 rings (SSSR count). The van der Waals surface area contributed by atoms with E-state index < -0.39 is 11.9 Å². The summed E-state index contributed by atoms with van der Waals surface area (Å²) >= 11 is 5.86. The number of benzene rings is 2. The molecule has 1 aliphatic rings. The Kier molecular flexibility index (Phi) is 5.09. The Labute approximate surface area is 155 Å². The number of hydrogen-bond acceptors (Lipinski definition) is 3. The molecule has 1 saturated heterocycles. The van der Waals surface area contributed by atoms with Crippen LogP contribution in [0, 0.1) is 0 Å². The predicted molar refractivity (Wildman–Crippen MR) is 99.3 cm³/mol. The van der Waals surface area contributed by atoms with Gasteiger partial charge in [-0.1, -0.05) is 11.6 Å². The first-order chi connectivity index (χ1) is 12.4. The minimum atomic E-state index is -0.534. The number of nitrogens with zero attached hydrogens (tertiary/aromatic N) is 1. The van der Waals surface area contributed by atoms with Gasteiger partial charge in [0.25, 0.3) is 0 Å². The molecule has 0 saturated carbocycles. The lowest BCUT2D eigenvalue weighted by atomic mass is 10.2. The van der Waals surface area contributed by atoms with Crippen LogP contribution in [0.1, 0.15) is 16.8 Å². The largest absolute Gasteiger partial charge is 0.366 e. The molecule has 0 radical (unpaired) electrons. The topological polar surface area (TPSA) is 105 Å². The summed E-state index contributed by atoms with van der Waals surface area (Å²) in [5.74, 6) is -0.601. The van der Waals surface area contributed by atoms with Gasteiger partial charge in [0.1, 0.15) is 0 Å². The number of halogens is 1. The second-order valence-corrected chi connectivity index (χ2v) is 6.36. The maximum absolute atomic E-state index is 12.2. The summed E-state index contributed by atoms with van der Waals surface area (Å²) in [5.41, 5.74) is 6.79. The van der Waals surface area contributed by atoms with Crippen LogP contribution in [-0.4, -0.2) is 30.4 Å². The average Bonchev–Trinajstić information content (AvgIpc) is 2.96. The third-order valence-electron chi connectivity index (χ3n) is 4.03. The summed E-state index contributed by atoms with van der Waals surface area (Å²) in [7, 11) is 0. The number of hydrogen-bond donors (Lipinski definition) is 3. The Bertz CT molecular complexity index is 837. The molecule has 7 nitrogen and oxygen atoms in total. The number of rotatable bonds is 4. The molecule has 1 unspecified atom stereocenters. The number of urea groups is 1. The van der Waals surface area contributed by atoms with Crippen LogP contribution in [0.4, 0.5) is 16.2 Å². The van der Waals surface area contributed by atoms with Crippen LogP contribution < -0.4 is 21.3 Å². The van der Waals surface area contributed by atoms with E-state index in [4.69, 9.17) is 17.3 Å². The maximum Gasteiger partial charge on any atom is 0.319 e. The van der Waals surface area contributed by atoms with Gasteiger partial charge in [0.2, 0.25) is 11.8 Å². The number of anilines is 2. The molecule has 1 fully saturated rings. The van der Waals surface area contributed by atoms with E-state index in [0.29, 0.717) is 22.8 Å². The van der Waals surface area contributed by atoms with Crippen molar-refractivity contribution in [3.8, 4) is 0 Å². The van der Waals surface area contributed by atoms with Crippen LogP contribution in [0.2, 0.25) is 5.02 Å². The maximum atomic E-state index is 12.2. The monoisotopic (exact) mass is 372 g/mol. The molecule has 1 atom stereocenters. The summed E-state index contributed by atoms with van der Waals surface area (Å²) < 4.78 is 0. The molecule has 0 bridgehead atoms. The highest BCUT2D eigenvalue weighted by Crippen LogP contribution is 2.23. The van der Waals surface area contributed by atoms with Gasteiger partial charge in [-0.25, -0.2) is 4.79 Å². The molecule has 2 aromatic carbocycles. The highest BCUT2D eigenvalue weighted by atomic mass is 35.5. The summed E-state index contributed by atoms with van der Waals surface area (Å²) in [4.78, 5) is 37.0. The molecule has 26 heavy (non-hydrogen) atoms. The molecular formula is C18H17ClN4O3. The number of carbonyl (C=O) groups excluding carboxylic acids is 3. The number of nitrogens with one attached hydrogen (secondary N) is 2. The number of nitrogens with two attached hydrogens (primary N) is 1. The van der Waals surface area contributed by atoms with Crippen molar-refractivity contribution in [2.75, 3.05) is 16.8 Å². The summed E-state index contributed by atoms with van der Waals surface area (Å²) in [5, 5.41) is 6.03. The molecule has 2 aromatic rings. The SMILES string of the molecule is NC(=O)c1ccc(NC(=O)NC2CC(=O)N(c3ccc(Cl)cc3)C2)cc1.